The Morgan fingerprint density at radius 1 is 1.62 bits per heavy atom. The lowest BCUT2D eigenvalue weighted by Gasteiger charge is -2.04. The molecule has 3 heteroatoms. The van der Waals surface area contributed by atoms with Crippen LogP contribution in [-0.4, -0.2) is 17.5 Å². The maximum Gasteiger partial charge on any atom is 0.213 e. The molecule has 0 radical (unpaired) electrons. The van der Waals surface area contributed by atoms with Crippen molar-refractivity contribution in [3.63, 3.8) is 0 Å². The smallest absolute Gasteiger partial charge is 0.213 e. The van der Waals surface area contributed by atoms with Crippen LogP contribution in [0, 0.1) is 0 Å². The number of hydrogen-bond donors (Lipinski definition) is 0. The lowest BCUT2D eigenvalue weighted by molar-refractivity contribution is -0.112. The molecule has 0 fully saturated rings. The van der Waals surface area contributed by atoms with Gasteiger partial charge in [-0.05, 0) is 25.0 Å². The molecule has 1 aliphatic carbocycles. The van der Waals surface area contributed by atoms with E-state index in [1.807, 2.05) is 6.92 Å². The van der Waals surface area contributed by atoms with Gasteiger partial charge in [0, 0.05) is 12.1 Å². The van der Waals surface area contributed by atoms with E-state index >= 15 is 0 Å². The van der Waals surface area contributed by atoms with E-state index in [2.05, 4.69) is 4.99 Å². The van der Waals surface area contributed by atoms with Crippen LogP contribution >= 0.6 is 0 Å². The number of halogens is 1. The first-order chi connectivity index (χ1) is 6.18. The summed E-state index contributed by atoms with van der Waals surface area (Å²) in [5.41, 5.74) is 1.48. The van der Waals surface area contributed by atoms with Gasteiger partial charge in [0.25, 0.3) is 0 Å². The molecule has 1 aliphatic heterocycles. The summed E-state index contributed by atoms with van der Waals surface area (Å²) in [6.07, 6.45) is 4.16. The number of ketones is 1. The summed E-state index contributed by atoms with van der Waals surface area (Å²) >= 11 is 0. The molecule has 68 valence electrons. The SMILES string of the molecule is CC1=NC2CC=CC(=O)C(F)=C2C1. The van der Waals surface area contributed by atoms with Gasteiger partial charge in [-0.2, -0.15) is 0 Å². The first-order valence-corrected chi connectivity index (χ1v) is 4.31. The number of allylic oxidation sites excluding steroid dienone is 2. The van der Waals surface area contributed by atoms with Gasteiger partial charge in [-0.15, -0.1) is 0 Å². The standard InChI is InChI=1S/C10H10FNO/c1-6-5-7-8(12-6)3-2-4-9(13)10(7)11/h2,4,8H,3,5H2,1H3. The molecule has 13 heavy (non-hydrogen) atoms. The number of nitrogens with zero attached hydrogens (tertiary/aromatic N) is 1. The minimum atomic E-state index is -0.598. The predicted molar refractivity (Wildman–Crippen MR) is 48.4 cm³/mol. The minimum Gasteiger partial charge on any atom is -0.287 e. The van der Waals surface area contributed by atoms with Gasteiger partial charge in [-0.25, -0.2) is 4.39 Å². The van der Waals surface area contributed by atoms with Crippen molar-refractivity contribution in [2.45, 2.75) is 25.8 Å². The van der Waals surface area contributed by atoms with Crippen LogP contribution in [0.5, 0.6) is 0 Å². The molecule has 1 heterocycles. The number of aliphatic imine (C=N–C) groups is 1. The van der Waals surface area contributed by atoms with Crippen LogP contribution in [0.4, 0.5) is 4.39 Å². The van der Waals surface area contributed by atoms with Gasteiger partial charge >= 0.3 is 0 Å². The van der Waals surface area contributed by atoms with Gasteiger partial charge in [0.15, 0.2) is 5.83 Å². The average Bonchev–Trinajstić information content (AvgIpc) is 2.40. The van der Waals surface area contributed by atoms with Crippen molar-refractivity contribution in [2.75, 3.05) is 0 Å². The molecule has 0 aromatic heterocycles. The zero-order valence-electron chi connectivity index (χ0n) is 7.38. The summed E-state index contributed by atoms with van der Waals surface area (Å²) < 4.78 is 13.4. The highest BCUT2D eigenvalue weighted by Crippen LogP contribution is 2.29. The van der Waals surface area contributed by atoms with E-state index in [1.165, 1.54) is 6.08 Å². The summed E-state index contributed by atoms with van der Waals surface area (Å²) in [6, 6.07) is -0.123. The molecule has 0 bridgehead atoms. The first kappa shape index (κ1) is 8.35. The van der Waals surface area contributed by atoms with Crippen LogP contribution in [0.25, 0.3) is 0 Å². The van der Waals surface area contributed by atoms with Gasteiger partial charge in [-0.1, -0.05) is 6.08 Å². The monoisotopic (exact) mass is 179 g/mol. The number of hydrogen-bond acceptors (Lipinski definition) is 2. The predicted octanol–water partition coefficient (Wildman–Crippen LogP) is 1.97. The third-order valence-electron chi connectivity index (χ3n) is 2.35. The van der Waals surface area contributed by atoms with E-state index in [4.69, 9.17) is 0 Å². The Labute approximate surface area is 75.9 Å². The Hall–Kier alpha value is -1.25. The maximum absolute atomic E-state index is 13.4. The van der Waals surface area contributed by atoms with Crippen molar-refractivity contribution < 1.29 is 9.18 Å². The molecule has 0 aromatic carbocycles. The lowest BCUT2D eigenvalue weighted by Crippen LogP contribution is -2.04. The van der Waals surface area contributed by atoms with Gasteiger partial charge in [-0.3, -0.25) is 9.79 Å². The second-order valence-electron chi connectivity index (χ2n) is 3.40. The molecular formula is C10H10FNO. The van der Waals surface area contributed by atoms with E-state index in [9.17, 15) is 9.18 Å². The fraction of sp³-hybridized carbons (Fsp3) is 0.400. The fourth-order valence-electron chi connectivity index (χ4n) is 1.74. The summed E-state index contributed by atoms with van der Waals surface area (Å²) in [6.45, 7) is 1.86. The summed E-state index contributed by atoms with van der Waals surface area (Å²) in [4.78, 5) is 15.4. The van der Waals surface area contributed by atoms with Crippen LogP contribution in [0.2, 0.25) is 0 Å². The molecule has 0 saturated carbocycles. The zero-order valence-corrected chi connectivity index (χ0v) is 7.38. The molecule has 2 aliphatic rings. The molecule has 0 aromatic rings. The average molecular weight is 179 g/mol. The van der Waals surface area contributed by atoms with Crippen molar-refractivity contribution >= 4 is 11.5 Å². The van der Waals surface area contributed by atoms with Gasteiger partial charge in [0.1, 0.15) is 0 Å². The zero-order chi connectivity index (χ0) is 9.42. The van der Waals surface area contributed by atoms with Crippen molar-refractivity contribution in [1.82, 2.24) is 0 Å². The van der Waals surface area contributed by atoms with Crippen molar-refractivity contribution in [3.8, 4) is 0 Å². The van der Waals surface area contributed by atoms with Gasteiger partial charge in [0.05, 0.1) is 6.04 Å². The number of fused-ring (bicyclic) bond motifs is 1. The Balaban J connectivity index is 2.43. The number of rotatable bonds is 0. The van der Waals surface area contributed by atoms with Crippen molar-refractivity contribution in [2.24, 2.45) is 4.99 Å². The third kappa shape index (κ3) is 1.34. The van der Waals surface area contributed by atoms with Crippen LogP contribution in [0.15, 0.2) is 28.5 Å². The first-order valence-electron chi connectivity index (χ1n) is 4.31. The second-order valence-corrected chi connectivity index (χ2v) is 3.40. The largest absolute Gasteiger partial charge is 0.287 e. The van der Waals surface area contributed by atoms with Crippen LogP contribution in [0.3, 0.4) is 0 Å². The highest BCUT2D eigenvalue weighted by molar-refractivity contribution is 6.04. The van der Waals surface area contributed by atoms with Crippen molar-refractivity contribution in [3.05, 3.63) is 23.6 Å². The Bertz CT molecular complexity index is 352. The fourth-order valence-corrected chi connectivity index (χ4v) is 1.74. The summed E-state index contributed by atoms with van der Waals surface area (Å²) in [7, 11) is 0. The van der Waals surface area contributed by atoms with E-state index in [-0.39, 0.29) is 6.04 Å². The molecule has 0 amide bonds. The summed E-state index contributed by atoms with van der Waals surface area (Å²) in [5, 5.41) is 0. The Morgan fingerprint density at radius 3 is 3.15 bits per heavy atom. The van der Waals surface area contributed by atoms with E-state index < -0.39 is 11.6 Å². The van der Waals surface area contributed by atoms with Gasteiger partial charge < -0.3 is 0 Å². The molecule has 2 nitrogen and oxygen atoms in total. The molecule has 0 N–H and O–H groups in total. The highest BCUT2D eigenvalue weighted by Gasteiger charge is 2.27. The van der Waals surface area contributed by atoms with Crippen LogP contribution in [-0.2, 0) is 4.79 Å². The molecule has 1 atom stereocenters. The normalized spacial score (nSPS) is 27.4. The number of carbonyl (C=O) groups excluding carboxylic acids is 1. The van der Waals surface area contributed by atoms with E-state index in [0.717, 1.165) is 5.71 Å². The van der Waals surface area contributed by atoms with E-state index in [1.54, 1.807) is 6.08 Å². The molecule has 2 rings (SSSR count). The van der Waals surface area contributed by atoms with Gasteiger partial charge in [0.2, 0.25) is 5.78 Å². The number of carbonyl (C=O) groups is 1. The van der Waals surface area contributed by atoms with Crippen molar-refractivity contribution in [1.29, 1.82) is 0 Å². The lowest BCUT2D eigenvalue weighted by atomic mass is 10.0. The maximum atomic E-state index is 13.4. The van der Waals surface area contributed by atoms with Crippen LogP contribution in [0.1, 0.15) is 19.8 Å². The topological polar surface area (TPSA) is 29.4 Å². The highest BCUT2D eigenvalue weighted by atomic mass is 19.1. The molecule has 1 unspecified atom stereocenters. The quantitative estimate of drug-likeness (QED) is 0.559. The second kappa shape index (κ2) is 2.91. The summed E-state index contributed by atoms with van der Waals surface area (Å²) in [5.74, 6) is -1.11. The molecule has 0 saturated heterocycles. The Kier molecular flexibility index (Phi) is 1.87. The van der Waals surface area contributed by atoms with Crippen LogP contribution < -0.4 is 0 Å². The molecule has 0 spiro atoms. The van der Waals surface area contributed by atoms with E-state index in [0.29, 0.717) is 18.4 Å². The Morgan fingerprint density at radius 2 is 2.38 bits per heavy atom. The third-order valence-corrected chi connectivity index (χ3v) is 2.35. The molecular weight excluding hydrogens is 169 g/mol. The minimum absolute atomic E-state index is 0.123.